The first-order valence-electron chi connectivity index (χ1n) is 5.38. The molecule has 0 unspecified atom stereocenters. The van der Waals surface area contributed by atoms with Crippen molar-refractivity contribution in [1.82, 2.24) is 0 Å². The number of hydrogen-bond acceptors (Lipinski definition) is 4. The molecule has 90 valence electrons. The minimum atomic E-state index is 0.0968. The summed E-state index contributed by atoms with van der Waals surface area (Å²) in [4.78, 5) is 12.3. The highest BCUT2D eigenvalue weighted by atomic mass is 32.9. The van der Waals surface area contributed by atoms with Crippen LogP contribution in [0.4, 0.5) is 0 Å². The van der Waals surface area contributed by atoms with Crippen LogP contribution in [0.5, 0.6) is 0 Å². The van der Waals surface area contributed by atoms with Gasteiger partial charge in [0.05, 0.1) is 0 Å². The molecule has 0 spiro atoms. The summed E-state index contributed by atoms with van der Waals surface area (Å²) in [6, 6.07) is 9.62. The lowest BCUT2D eigenvalue weighted by Gasteiger charge is -1.98. The maximum atomic E-state index is 11.1. The Bertz CT molecular complexity index is 534. The van der Waals surface area contributed by atoms with E-state index >= 15 is 0 Å². The van der Waals surface area contributed by atoms with Crippen molar-refractivity contribution < 1.29 is 4.79 Å². The maximum Gasteiger partial charge on any atom is 0.159 e. The van der Waals surface area contributed by atoms with Gasteiger partial charge in [0.25, 0.3) is 0 Å². The summed E-state index contributed by atoms with van der Waals surface area (Å²) < 4.78 is 0.908. The largest absolute Gasteiger partial charge is 0.295 e. The first kappa shape index (κ1) is 14.2. The number of carbonyl (C=O) groups excluding carboxylic acids is 1. The van der Waals surface area contributed by atoms with E-state index in [1.807, 2.05) is 44.2 Å². The van der Waals surface area contributed by atoms with Crippen LogP contribution < -0.4 is 0 Å². The summed E-state index contributed by atoms with van der Waals surface area (Å²) in [6.07, 6.45) is 0. The number of hydrogen-bond donors (Lipinski definition) is 0. The SMILES string of the molecule is CC.CC(=O)c1ccc(-c2cc(=S)ss2)cc1. The molecule has 0 saturated carbocycles. The fourth-order valence-corrected chi connectivity index (χ4v) is 3.64. The molecule has 0 aliphatic heterocycles. The highest BCUT2D eigenvalue weighted by Crippen LogP contribution is 2.29. The third-order valence-corrected chi connectivity index (χ3v) is 4.95. The van der Waals surface area contributed by atoms with Crippen molar-refractivity contribution in [2.24, 2.45) is 0 Å². The minimum Gasteiger partial charge on any atom is -0.295 e. The van der Waals surface area contributed by atoms with Crippen molar-refractivity contribution in [3.63, 3.8) is 0 Å². The van der Waals surface area contributed by atoms with Crippen LogP contribution in [0.25, 0.3) is 10.4 Å². The van der Waals surface area contributed by atoms with Crippen LogP contribution in [-0.4, -0.2) is 5.78 Å². The highest BCUT2D eigenvalue weighted by Gasteiger charge is 2.02. The van der Waals surface area contributed by atoms with E-state index < -0.39 is 0 Å². The number of Topliss-reactive ketones (excluding diaryl/α,β-unsaturated/α-hetero) is 1. The van der Waals surface area contributed by atoms with Gasteiger partial charge in [0.2, 0.25) is 0 Å². The number of rotatable bonds is 2. The Morgan fingerprint density at radius 2 is 1.71 bits per heavy atom. The first-order chi connectivity index (χ1) is 8.16. The van der Waals surface area contributed by atoms with E-state index in [4.69, 9.17) is 12.2 Å². The van der Waals surface area contributed by atoms with Crippen molar-refractivity contribution in [2.45, 2.75) is 20.8 Å². The van der Waals surface area contributed by atoms with Gasteiger partial charge >= 0.3 is 0 Å². The molecule has 1 aromatic carbocycles. The van der Waals surface area contributed by atoms with Gasteiger partial charge in [0.1, 0.15) is 3.82 Å². The first-order valence-corrected chi connectivity index (χ1v) is 7.94. The molecule has 0 N–H and O–H groups in total. The molecule has 0 aliphatic carbocycles. The molecule has 0 atom stereocenters. The Morgan fingerprint density at radius 1 is 1.12 bits per heavy atom. The zero-order valence-corrected chi connectivity index (χ0v) is 12.5. The molecule has 2 rings (SSSR count). The van der Waals surface area contributed by atoms with E-state index in [9.17, 15) is 4.79 Å². The summed E-state index contributed by atoms with van der Waals surface area (Å²) >= 11 is 5.08. The molecule has 2 aromatic rings. The maximum absolute atomic E-state index is 11.1. The van der Waals surface area contributed by atoms with E-state index in [1.54, 1.807) is 27.6 Å². The Balaban J connectivity index is 0.000000686. The van der Waals surface area contributed by atoms with Gasteiger partial charge in [0.15, 0.2) is 5.78 Å². The van der Waals surface area contributed by atoms with Crippen molar-refractivity contribution in [1.29, 1.82) is 0 Å². The topological polar surface area (TPSA) is 17.1 Å². The molecule has 0 aliphatic rings. The van der Waals surface area contributed by atoms with Gasteiger partial charge in [-0.05, 0) is 18.6 Å². The van der Waals surface area contributed by atoms with Gasteiger partial charge < -0.3 is 0 Å². The van der Waals surface area contributed by atoms with Gasteiger partial charge in [-0.15, -0.1) is 0 Å². The van der Waals surface area contributed by atoms with Crippen molar-refractivity contribution in [2.75, 3.05) is 0 Å². The molecule has 17 heavy (non-hydrogen) atoms. The van der Waals surface area contributed by atoms with Crippen LogP contribution in [0, 0.1) is 3.82 Å². The normalized spacial score (nSPS) is 9.35. The second kappa shape index (κ2) is 6.79. The van der Waals surface area contributed by atoms with E-state index in [0.29, 0.717) is 0 Å². The van der Waals surface area contributed by atoms with Gasteiger partial charge in [0, 0.05) is 10.4 Å². The van der Waals surface area contributed by atoms with Crippen LogP contribution in [0.15, 0.2) is 30.3 Å². The van der Waals surface area contributed by atoms with Crippen LogP contribution >= 0.6 is 32.9 Å². The molecular formula is C13H14OS3. The lowest BCUT2D eigenvalue weighted by molar-refractivity contribution is 0.101. The van der Waals surface area contributed by atoms with Crippen molar-refractivity contribution >= 4 is 38.7 Å². The van der Waals surface area contributed by atoms with Crippen molar-refractivity contribution in [3.8, 4) is 10.4 Å². The van der Waals surface area contributed by atoms with Crippen LogP contribution in [-0.2, 0) is 0 Å². The molecule has 4 heteroatoms. The number of benzene rings is 1. The standard InChI is InChI=1S/C11H8OS3.C2H6/c1-7(12)8-2-4-9(5-3-8)10-6-11(13)15-14-10;1-2/h2-6H,1H3;1-2H3. The van der Waals surface area contributed by atoms with Gasteiger partial charge in [-0.1, -0.05) is 71.0 Å². The van der Waals surface area contributed by atoms with Crippen LogP contribution in [0.3, 0.4) is 0 Å². The summed E-state index contributed by atoms with van der Waals surface area (Å²) in [5.41, 5.74) is 1.87. The monoisotopic (exact) mass is 282 g/mol. The number of ketones is 1. The summed E-state index contributed by atoms with van der Waals surface area (Å²) in [5, 5.41) is 0. The minimum absolute atomic E-state index is 0.0968. The zero-order chi connectivity index (χ0) is 12.8. The quantitative estimate of drug-likeness (QED) is 0.415. The van der Waals surface area contributed by atoms with E-state index in [-0.39, 0.29) is 5.78 Å². The predicted octanol–water partition coefficient (Wildman–Crippen LogP) is 5.43. The third-order valence-electron chi connectivity index (χ3n) is 2.04. The molecule has 0 saturated heterocycles. The third kappa shape index (κ3) is 3.84. The highest BCUT2D eigenvalue weighted by molar-refractivity contribution is 7.80. The summed E-state index contributed by atoms with van der Waals surface area (Å²) in [7, 11) is 3.27. The fraction of sp³-hybridized carbons (Fsp3) is 0.231. The molecule has 0 radical (unpaired) electrons. The zero-order valence-electron chi connectivity index (χ0n) is 10.0. The molecule has 0 bridgehead atoms. The predicted molar refractivity (Wildman–Crippen MR) is 79.8 cm³/mol. The lowest BCUT2D eigenvalue weighted by Crippen LogP contribution is -1.90. The molecular weight excluding hydrogens is 268 g/mol. The molecule has 0 amide bonds. The van der Waals surface area contributed by atoms with E-state index in [2.05, 4.69) is 0 Å². The van der Waals surface area contributed by atoms with Gasteiger partial charge in [-0.25, -0.2) is 0 Å². The fourth-order valence-electron chi connectivity index (χ4n) is 1.24. The lowest BCUT2D eigenvalue weighted by atomic mass is 10.1. The molecule has 1 nitrogen and oxygen atoms in total. The Morgan fingerprint density at radius 3 is 2.12 bits per heavy atom. The van der Waals surface area contributed by atoms with Crippen molar-refractivity contribution in [3.05, 3.63) is 39.7 Å². The summed E-state index contributed by atoms with van der Waals surface area (Å²) in [5.74, 6) is 0.0968. The Labute approximate surface area is 114 Å². The molecule has 0 fully saturated rings. The van der Waals surface area contributed by atoms with E-state index in [1.165, 1.54) is 4.88 Å². The van der Waals surface area contributed by atoms with Gasteiger partial charge in [-0.3, -0.25) is 4.79 Å². The average molecular weight is 282 g/mol. The number of carbonyl (C=O) groups is 1. The van der Waals surface area contributed by atoms with E-state index in [0.717, 1.165) is 15.0 Å². The van der Waals surface area contributed by atoms with Crippen LogP contribution in [0.1, 0.15) is 31.1 Å². The Kier molecular flexibility index (Phi) is 5.68. The Hall–Kier alpha value is -0.840. The van der Waals surface area contributed by atoms with Crippen LogP contribution in [0.2, 0.25) is 0 Å². The molecule has 1 heterocycles. The van der Waals surface area contributed by atoms with Gasteiger partial charge in [-0.2, -0.15) is 0 Å². The average Bonchev–Trinajstić information content (AvgIpc) is 2.79. The second-order valence-corrected chi connectivity index (χ2v) is 6.04. The second-order valence-electron chi connectivity index (χ2n) is 3.13. The summed E-state index contributed by atoms with van der Waals surface area (Å²) in [6.45, 7) is 5.57. The molecule has 1 aromatic heterocycles. The smallest absolute Gasteiger partial charge is 0.159 e.